The molecular weight excluding hydrogens is 390 g/mol. The Balaban J connectivity index is 1.27. The van der Waals surface area contributed by atoms with E-state index < -0.39 is 0 Å². The zero-order valence-electron chi connectivity index (χ0n) is 16.1. The molecule has 4 rings (SSSR count). The molecule has 8 heteroatoms. The number of benzene rings is 1. The number of furan rings is 1. The monoisotopic (exact) mass is 413 g/mol. The second-order valence-electron chi connectivity index (χ2n) is 7.01. The van der Waals surface area contributed by atoms with E-state index in [0.717, 1.165) is 16.3 Å². The summed E-state index contributed by atoms with van der Waals surface area (Å²) in [5.41, 5.74) is 0.936. The molecule has 0 unspecified atom stereocenters. The Kier molecular flexibility index (Phi) is 5.89. The Morgan fingerprint density at radius 1 is 0.862 bits per heavy atom. The third-order valence-corrected chi connectivity index (χ3v) is 6.28. The van der Waals surface area contributed by atoms with Crippen LogP contribution in [0.1, 0.15) is 23.4 Å². The number of fused-ring (bicyclic) bond motifs is 1. The molecule has 0 spiro atoms. The predicted molar refractivity (Wildman–Crippen MR) is 110 cm³/mol. The molecule has 0 atom stereocenters. The summed E-state index contributed by atoms with van der Waals surface area (Å²) in [5.74, 6) is 0.970. The van der Waals surface area contributed by atoms with Crippen LogP contribution < -0.4 is 4.90 Å². The fourth-order valence-electron chi connectivity index (χ4n) is 3.65. The Morgan fingerprint density at radius 3 is 2.34 bits per heavy atom. The second-order valence-corrected chi connectivity index (χ2v) is 8.15. The summed E-state index contributed by atoms with van der Waals surface area (Å²) < 4.78 is 5.15. The molecular formula is C21H23N3O4S. The number of anilines is 1. The first-order valence-corrected chi connectivity index (χ1v) is 10.7. The summed E-state index contributed by atoms with van der Waals surface area (Å²) in [4.78, 5) is 43.9. The number of thioether (sulfide) groups is 1. The standard InChI is InChI=1S/C21H23N3O4S/c25-19(22-9-11-23(12-10-22)21(27)17-5-3-14-28-17)7-8-20(26)24-13-15-29-18-6-2-1-4-16(18)24/h1-6,14H,7-13,15H2. The lowest BCUT2D eigenvalue weighted by atomic mass is 10.2. The molecule has 3 amide bonds. The summed E-state index contributed by atoms with van der Waals surface area (Å²) in [7, 11) is 0. The van der Waals surface area contributed by atoms with E-state index in [9.17, 15) is 14.4 Å². The zero-order chi connectivity index (χ0) is 20.2. The van der Waals surface area contributed by atoms with Gasteiger partial charge in [-0.3, -0.25) is 14.4 Å². The van der Waals surface area contributed by atoms with Gasteiger partial charge in [0, 0.05) is 56.2 Å². The highest BCUT2D eigenvalue weighted by molar-refractivity contribution is 7.99. The van der Waals surface area contributed by atoms with Crippen LogP contribution >= 0.6 is 11.8 Å². The van der Waals surface area contributed by atoms with Crippen LogP contribution in [-0.4, -0.2) is 66.0 Å². The fourth-order valence-corrected chi connectivity index (χ4v) is 4.65. The van der Waals surface area contributed by atoms with Crippen LogP contribution in [0.15, 0.2) is 52.0 Å². The quantitative estimate of drug-likeness (QED) is 0.770. The smallest absolute Gasteiger partial charge is 0.289 e. The topological polar surface area (TPSA) is 74.1 Å². The van der Waals surface area contributed by atoms with Gasteiger partial charge in [-0.15, -0.1) is 11.8 Å². The van der Waals surface area contributed by atoms with Crippen molar-refractivity contribution in [2.24, 2.45) is 0 Å². The number of rotatable bonds is 4. The number of hydrogen-bond donors (Lipinski definition) is 0. The normalized spacial score (nSPS) is 16.5. The Hall–Kier alpha value is -2.74. The van der Waals surface area contributed by atoms with Gasteiger partial charge in [-0.25, -0.2) is 0 Å². The molecule has 3 heterocycles. The maximum Gasteiger partial charge on any atom is 0.289 e. The minimum Gasteiger partial charge on any atom is -0.459 e. The van der Waals surface area contributed by atoms with Crippen molar-refractivity contribution in [2.45, 2.75) is 17.7 Å². The van der Waals surface area contributed by atoms with Crippen molar-refractivity contribution in [1.82, 2.24) is 9.80 Å². The van der Waals surface area contributed by atoms with E-state index in [0.29, 0.717) is 38.5 Å². The van der Waals surface area contributed by atoms with Crippen LogP contribution in [0.2, 0.25) is 0 Å². The molecule has 0 aliphatic carbocycles. The highest BCUT2D eigenvalue weighted by Crippen LogP contribution is 2.34. The second kappa shape index (κ2) is 8.73. The minimum absolute atomic E-state index is 0.0160. The molecule has 1 fully saturated rings. The molecule has 152 valence electrons. The van der Waals surface area contributed by atoms with Crippen LogP contribution in [0.3, 0.4) is 0 Å². The lowest BCUT2D eigenvalue weighted by Gasteiger charge is -2.34. The van der Waals surface area contributed by atoms with E-state index >= 15 is 0 Å². The number of piperazine rings is 1. The van der Waals surface area contributed by atoms with Gasteiger partial charge in [0.2, 0.25) is 11.8 Å². The van der Waals surface area contributed by atoms with E-state index in [4.69, 9.17) is 4.42 Å². The third-order valence-electron chi connectivity index (χ3n) is 5.23. The molecule has 7 nitrogen and oxygen atoms in total. The lowest BCUT2D eigenvalue weighted by Crippen LogP contribution is -2.50. The van der Waals surface area contributed by atoms with Crippen molar-refractivity contribution in [2.75, 3.05) is 43.4 Å². The van der Waals surface area contributed by atoms with E-state index in [1.54, 1.807) is 38.6 Å². The molecule has 0 N–H and O–H groups in total. The number of carbonyl (C=O) groups excluding carboxylic acids is 3. The van der Waals surface area contributed by atoms with E-state index in [1.807, 2.05) is 24.3 Å². The van der Waals surface area contributed by atoms with Crippen LogP contribution in [-0.2, 0) is 9.59 Å². The van der Waals surface area contributed by atoms with Crippen LogP contribution in [0, 0.1) is 0 Å². The first kappa shape index (κ1) is 19.6. The van der Waals surface area contributed by atoms with Crippen LogP contribution in [0.4, 0.5) is 5.69 Å². The number of amides is 3. The first-order chi connectivity index (χ1) is 14.1. The first-order valence-electron chi connectivity index (χ1n) is 9.76. The lowest BCUT2D eigenvalue weighted by molar-refractivity contribution is -0.134. The van der Waals surface area contributed by atoms with Crippen molar-refractivity contribution in [3.63, 3.8) is 0 Å². The molecule has 0 bridgehead atoms. The minimum atomic E-state index is -0.154. The van der Waals surface area contributed by atoms with Gasteiger partial charge in [0.1, 0.15) is 0 Å². The molecule has 2 aliphatic heterocycles. The van der Waals surface area contributed by atoms with E-state index in [2.05, 4.69) is 0 Å². The molecule has 1 aromatic heterocycles. The number of carbonyl (C=O) groups is 3. The maximum atomic E-state index is 12.7. The summed E-state index contributed by atoms with van der Waals surface area (Å²) in [5, 5.41) is 0. The SMILES string of the molecule is O=C(CCC(=O)N1CCSc2ccccc21)N1CCN(C(=O)c2ccco2)CC1. The number of hydrogen-bond acceptors (Lipinski definition) is 5. The van der Waals surface area contributed by atoms with Gasteiger partial charge in [-0.2, -0.15) is 0 Å². The van der Waals surface area contributed by atoms with Gasteiger partial charge in [-0.1, -0.05) is 12.1 Å². The summed E-state index contributed by atoms with van der Waals surface area (Å²) in [6.07, 6.45) is 1.86. The van der Waals surface area contributed by atoms with Gasteiger partial charge < -0.3 is 19.1 Å². The highest BCUT2D eigenvalue weighted by Gasteiger charge is 2.27. The van der Waals surface area contributed by atoms with E-state index in [1.165, 1.54) is 6.26 Å². The highest BCUT2D eigenvalue weighted by atomic mass is 32.2. The number of nitrogens with zero attached hydrogens (tertiary/aromatic N) is 3. The van der Waals surface area contributed by atoms with Crippen molar-refractivity contribution in [1.29, 1.82) is 0 Å². The van der Waals surface area contributed by atoms with Crippen molar-refractivity contribution < 1.29 is 18.8 Å². The van der Waals surface area contributed by atoms with Crippen molar-refractivity contribution in [3.8, 4) is 0 Å². The van der Waals surface area contributed by atoms with Gasteiger partial charge in [0.15, 0.2) is 5.76 Å². The van der Waals surface area contributed by atoms with Gasteiger partial charge in [0.25, 0.3) is 5.91 Å². The largest absolute Gasteiger partial charge is 0.459 e. The van der Waals surface area contributed by atoms with Crippen LogP contribution in [0.25, 0.3) is 0 Å². The average molecular weight is 413 g/mol. The molecule has 29 heavy (non-hydrogen) atoms. The van der Waals surface area contributed by atoms with Crippen molar-refractivity contribution in [3.05, 3.63) is 48.4 Å². The molecule has 0 saturated carbocycles. The molecule has 0 radical (unpaired) electrons. The summed E-state index contributed by atoms with van der Waals surface area (Å²) in [6, 6.07) is 11.2. The van der Waals surface area contributed by atoms with E-state index in [-0.39, 0.29) is 30.6 Å². The Morgan fingerprint density at radius 2 is 1.59 bits per heavy atom. The summed E-state index contributed by atoms with van der Waals surface area (Å²) in [6.45, 7) is 2.56. The maximum absolute atomic E-state index is 12.7. The van der Waals surface area contributed by atoms with Crippen LogP contribution in [0.5, 0.6) is 0 Å². The summed E-state index contributed by atoms with van der Waals surface area (Å²) >= 11 is 1.75. The Labute approximate surface area is 173 Å². The average Bonchev–Trinajstić information content (AvgIpc) is 3.31. The van der Waals surface area contributed by atoms with Gasteiger partial charge >= 0.3 is 0 Å². The molecule has 1 saturated heterocycles. The predicted octanol–water partition coefficient (Wildman–Crippen LogP) is 2.48. The third kappa shape index (κ3) is 4.32. The number of para-hydroxylation sites is 1. The van der Waals surface area contributed by atoms with Crippen molar-refractivity contribution >= 4 is 35.2 Å². The fraction of sp³-hybridized carbons (Fsp3) is 0.381. The Bertz CT molecular complexity index is 891. The van der Waals surface area contributed by atoms with Gasteiger partial charge in [0.05, 0.1) is 12.0 Å². The molecule has 1 aromatic carbocycles. The molecule has 2 aromatic rings. The molecule has 2 aliphatic rings. The van der Waals surface area contributed by atoms with Gasteiger partial charge in [-0.05, 0) is 24.3 Å². The zero-order valence-corrected chi connectivity index (χ0v) is 16.9.